The van der Waals surface area contributed by atoms with Crippen LogP contribution >= 0.6 is 11.3 Å². The highest BCUT2D eigenvalue weighted by Gasteiger charge is 2.40. The van der Waals surface area contributed by atoms with Crippen molar-refractivity contribution in [1.82, 2.24) is 4.90 Å². The molecule has 1 aliphatic heterocycles. The standard InChI is InChI=1S/C11H14N2O5S/c1-11(18-4-10(14)15)6-12(7-11)3-8-2-9(13(16)17)19-5-8/h2,5H,3-4,6-7H2,1H3,(H,14,15). The predicted octanol–water partition coefficient (Wildman–Crippen LogP) is 1.33. The van der Waals surface area contributed by atoms with E-state index in [1.54, 1.807) is 11.4 Å². The van der Waals surface area contributed by atoms with E-state index >= 15 is 0 Å². The van der Waals surface area contributed by atoms with Gasteiger partial charge in [0.05, 0.1) is 10.5 Å². The number of carboxylic acid groups (broad SMARTS) is 1. The van der Waals surface area contributed by atoms with E-state index in [0.717, 1.165) is 16.9 Å². The van der Waals surface area contributed by atoms with Crippen LogP contribution < -0.4 is 0 Å². The van der Waals surface area contributed by atoms with Crippen molar-refractivity contribution in [2.24, 2.45) is 0 Å². The Morgan fingerprint density at radius 2 is 2.37 bits per heavy atom. The molecule has 19 heavy (non-hydrogen) atoms. The zero-order valence-corrected chi connectivity index (χ0v) is 11.2. The number of nitro groups is 1. The number of ether oxygens (including phenoxy) is 1. The van der Waals surface area contributed by atoms with Crippen molar-refractivity contribution >= 4 is 22.3 Å². The van der Waals surface area contributed by atoms with E-state index in [0.29, 0.717) is 19.6 Å². The van der Waals surface area contributed by atoms with E-state index in [1.165, 1.54) is 0 Å². The van der Waals surface area contributed by atoms with Crippen LogP contribution in [0, 0.1) is 10.1 Å². The van der Waals surface area contributed by atoms with E-state index in [9.17, 15) is 14.9 Å². The maximum Gasteiger partial charge on any atom is 0.329 e. The first kappa shape index (κ1) is 13.9. The lowest BCUT2D eigenvalue weighted by molar-refractivity contribution is -0.380. The molecule has 0 unspecified atom stereocenters. The highest BCUT2D eigenvalue weighted by molar-refractivity contribution is 7.13. The zero-order valence-electron chi connectivity index (χ0n) is 10.4. The van der Waals surface area contributed by atoms with Gasteiger partial charge in [-0.1, -0.05) is 11.3 Å². The first-order chi connectivity index (χ1) is 8.88. The quantitative estimate of drug-likeness (QED) is 0.626. The van der Waals surface area contributed by atoms with Gasteiger partial charge >= 0.3 is 11.0 Å². The molecule has 2 heterocycles. The summed E-state index contributed by atoms with van der Waals surface area (Å²) in [6.07, 6.45) is 0. The number of carbonyl (C=O) groups is 1. The average Bonchev–Trinajstić information content (AvgIpc) is 2.73. The van der Waals surface area contributed by atoms with Crippen molar-refractivity contribution in [3.8, 4) is 0 Å². The molecular weight excluding hydrogens is 272 g/mol. The second kappa shape index (κ2) is 5.24. The highest BCUT2D eigenvalue weighted by atomic mass is 32.1. The lowest BCUT2D eigenvalue weighted by atomic mass is 9.96. The Morgan fingerprint density at radius 3 is 2.89 bits per heavy atom. The first-order valence-electron chi connectivity index (χ1n) is 5.68. The molecule has 0 aliphatic carbocycles. The highest BCUT2D eigenvalue weighted by Crippen LogP contribution is 2.29. The monoisotopic (exact) mass is 286 g/mol. The number of hydrogen-bond acceptors (Lipinski definition) is 6. The number of nitrogens with zero attached hydrogens (tertiary/aromatic N) is 2. The molecule has 0 saturated carbocycles. The fourth-order valence-corrected chi connectivity index (χ4v) is 2.86. The van der Waals surface area contributed by atoms with Crippen LogP contribution in [0.4, 0.5) is 5.00 Å². The molecule has 104 valence electrons. The molecule has 1 saturated heterocycles. The molecule has 0 bridgehead atoms. The van der Waals surface area contributed by atoms with Crippen molar-refractivity contribution in [2.45, 2.75) is 19.1 Å². The number of hydrogen-bond donors (Lipinski definition) is 1. The van der Waals surface area contributed by atoms with Gasteiger partial charge in [-0.3, -0.25) is 15.0 Å². The molecule has 8 heteroatoms. The lowest BCUT2D eigenvalue weighted by Gasteiger charge is -2.47. The van der Waals surface area contributed by atoms with E-state index in [-0.39, 0.29) is 11.6 Å². The Morgan fingerprint density at radius 1 is 1.68 bits per heavy atom. The van der Waals surface area contributed by atoms with Crippen LogP contribution in [-0.2, 0) is 16.1 Å². The second-order valence-electron chi connectivity index (χ2n) is 4.83. The van der Waals surface area contributed by atoms with Gasteiger partial charge in [0.15, 0.2) is 0 Å². The Kier molecular flexibility index (Phi) is 3.83. The van der Waals surface area contributed by atoms with Crippen molar-refractivity contribution in [1.29, 1.82) is 0 Å². The molecule has 1 aliphatic rings. The topological polar surface area (TPSA) is 92.9 Å². The molecule has 1 aromatic rings. The molecule has 0 atom stereocenters. The number of rotatable bonds is 6. The molecule has 2 rings (SSSR count). The molecule has 1 fully saturated rings. The smallest absolute Gasteiger partial charge is 0.329 e. The minimum atomic E-state index is -0.979. The summed E-state index contributed by atoms with van der Waals surface area (Å²) in [5.74, 6) is -0.979. The molecule has 0 spiro atoms. The van der Waals surface area contributed by atoms with E-state index in [2.05, 4.69) is 4.90 Å². The summed E-state index contributed by atoms with van der Waals surface area (Å²) in [4.78, 5) is 22.7. The van der Waals surface area contributed by atoms with Crippen LogP contribution in [0.1, 0.15) is 12.5 Å². The van der Waals surface area contributed by atoms with Crippen molar-refractivity contribution in [3.63, 3.8) is 0 Å². The molecule has 1 N–H and O–H groups in total. The first-order valence-corrected chi connectivity index (χ1v) is 6.56. The van der Waals surface area contributed by atoms with Gasteiger partial charge in [-0.15, -0.1) is 0 Å². The SMILES string of the molecule is CC1(OCC(=O)O)CN(Cc2csc([N+](=O)[O-])c2)C1. The van der Waals surface area contributed by atoms with Gasteiger partial charge in [-0.05, 0) is 12.5 Å². The Balaban J connectivity index is 1.80. The van der Waals surface area contributed by atoms with E-state index < -0.39 is 16.5 Å². The maximum absolute atomic E-state index is 10.6. The number of thiophene rings is 1. The van der Waals surface area contributed by atoms with Crippen LogP contribution in [0.3, 0.4) is 0 Å². The summed E-state index contributed by atoms with van der Waals surface area (Å²) >= 11 is 1.11. The number of likely N-dealkylation sites (tertiary alicyclic amines) is 1. The van der Waals surface area contributed by atoms with Gasteiger partial charge in [-0.25, -0.2) is 4.79 Å². The third-order valence-electron chi connectivity index (χ3n) is 2.89. The fraction of sp³-hybridized carbons (Fsp3) is 0.545. The van der Waals surface area contributed by atoms with Gasteiger partial charge in [-0.2, -0.15) is 0 Å². The summed E-state index contributed by atoms with van der Waals surface area (Å²) in [7, 11) is 0. The van der Waals surface area contributed by atoms with Gasteiger partial charge in [0.2, 0.25) is 0 Å². The summed E-state index contributed by atoms with van der Waals surface area (Å²) in [5, 5.41) is 21.0. The zero-order chi connectivity index (χ0) is 14.0. The predicted molar refractivity (Wildman–Crippen MR) is 68.2 cm³/mol. The fourth-order valence-electron chi connectivity index (χ4n) is 2.14. The summed E-state index contributed by atoms with van der Waals surface area (Å²) in [6, 6.07) is 1.57. The van der Waals surface area contributed by atoms with Crippen LogP contribution in [0.2, 0.25) is 0 Å². The van der Waals surface area contributed by atoms with Crippen molar-refractivity contribution in [2.75, 3.05) is 19.7 Å². The Hall–Kier alpha value is -1.51. The molecule has 7 nitrogen and oxygen atoms in total. The number of carboxylic acids is 1. The molecule has 1 aromatic heterocycles. The second-order valence-corrected chi connectivity index (χ2v) is 5.72. The van der Waals surface area contributed by atoms with Gasteiger partial charge in [0, 0.05) is 31.1 Å². The third-order valence-corrected chi connectivity index (χ3v) is 3.82. The summed E-state index contributed by atoms with van der Waals surface area (Å²) < 4.78 is 5.29. The Labute approximate surface area is 113 Å². The van der Waals surface area contributed by atoms with Crippen molar-refractivity contribution < 1.29 is 19.6 Å². The minimum absolute atomic E-state index is 0.139. The molecule has 0 radical (unpaired) electrons. The van der Waals surface area contributed by atoms with E-state index in [1.807, 2.05) is 6.92 Å². The lowest BCUT2D eigenvalue weighted by Crippen LogP contribution is -2.61. The normalized spacial score (nSPS) is 17.9. The van der Waals surface area contributed by atoms with Gasteiger partial charge < -0.3 is 9.84 Å². The summed E-state index contributed by atoms with van der Waals surface area (Å²) in [5.41, 5.74) is 0.470. The van der Waals surface area contributed by atoms with E-state index in [4.69, 9.17) is 9.84 Å². The van der Waals surface area contributed by atoms with Crippen LogP contribution in [0.25, 0.3) is 0 Å². The Bertz CT molecular complexity index is 495. The van der Waals surface area contributed by atoms with Crippen LogP contribution in [0.15, 0.2) is 11.4 Å². The summed E-state index contributed by atoms with van der Waals surface area (Å²) in [6.45, 7) is 3.45. The van der Waals surface area contributed by atoms with Crippen molar-refractivity contribution in [3.05, 3.63) is 27.1 Å². The molecular formula is C11H14N2O5S. The average molecular weight is 286 g/mol. The van der Waals surface area contributed by atoms with Crippen LogP contribution in [0.5, 0.6) is 0 Å². The largest absolute Gasteiger partial charge is 0.480 e. The maximum atomic E-state index is 10.6. The number of aliphatic carboxylic acids is 1. The van der Waals surface area contributed by atoms with Gasteiger partial charge in [0.25, 0.3) is 0 Å². The molecule has 0 aromatic carbocycles. The third kappa shape index (κ3) is 3.49. The van der Waals surface area contributed by atoms with Crippen LogP contribution in [-0.4, -0.2) is 46.2 Å². The molecule has 0 amide bonds. The van der Waals surface area contributed by atoms with Gasteiger partial charge in [0.1, 0.15) is 6.61 Å². The minimum Gasteiger partial charge on any atom is -0.480 e.